The number of fused-ring (bicyclic) bond motifs is 6. The highest BCUT2D eigenvalue weighted by Crippen LogP contribution is 2.57. The Labute approximate surface area is 677 Å². The Hall–Kier alpha value is -9.35. The first-order valence-corrected chi connectivity index (χ1v) is 42.4. The van der Waals surface area contributed by atoms with Crippen LogP contribution in [-0.2, 0) is 63.5 Å². The molecule has 6 aromatic rings. The lowest BCUT2D eigenvalue weighted by atomic mass is 9.90. The van der Waals surface area contributed by atoms with Gasteiger partial charge in [0, 0.05) is 125 Å². The number of para-hydroxylation sites is 2. The minimum Gasteiger partial charge on any atom is -0.460 e. The lowest BCUT2D eigenvalue weighted by molar-refractivity contribution is -0.159. The first kappa shape index (κ1) is 88.0. The molecule has 35 heteroatoms. The molecule has 5 N–H and O–H groups in total. The molecular weight excluding hydrogens is 1540 g/mol. The molecule has 0 unspecified atom stereocenters. The Morgan fingerprint density at radius 1 is 0.652 bits per heavy atom. The number of ether oxygens (including phenoxy) is 3. The minimum absolute atomic E-state index is 0.0195. The van der Waals surface area contributed by atoms with E-state index in [9.17, 15) is 60.3 Å². The summed E-state index contributed by atoms with van der Waals surface area (Å²) in [5, 5.41) is 16.5. The number of ketones is 1. The summed E-state index contributed by atoms with van der Waals surface area (Å²) < 4.78 is 77.8. The van der Waals surface area contributed by atoms with Gasteiger partial charge in [0.15, 0.2) is 5.78 Å². The molecule has 2 aromatic carbocycles. The van der Waals surface area contributed by atoms with E-state index in [1.807, 2.05) is 83.7 Å². The molecule has 8 heterocycles. The van der Waals surface area contributed by atoms with Crippen molar-refractivity contribution >= 4 is 101 Å². The largest absolute Gasteiger partial charge is 0.460 e. The average molecular weight is 1650 g/mol. The number of alkyl carbamates (subject to hydrolysis) is 1. The molecule has 12 rings (SSSR count). The summed E-state index contributed by atoms with van der Waals surface area (Å²) in [6.07, 6.45) is 21.9. The Morgan fingerprint density at radius 2 is 1.18 bits per heavy atom. The van der Waals surface area contributed by atoms with Crippen molar-refractivity contribution in [1.82, 2.24) is 77.5 Å². The van der Waals surface area contributed by atoms with Crippen molar-refractivity contribution in [3.05, 3.63) is 103 Å². The van der Waals surface area contributed by atoms with E-state index in [1.165, 1.54) is 50.6 Å². The van der Waals surface area contributed by atoms with E-state index < -0.39 is 126 Å². The smallest absolute Gasteiger partial charge is 0.408 e. The molecule has 4 aromatic heterocycles. The summed E-state index contributed by atoms with van der Waals surface area (Å²) in [4.78, 5) is 138. The number of esters is 1. The third kappa shape index (κ3) is 21.5. The van der Waals surface area contributed by atoms with Gasteiger partial charge < -0.3 is 44.3 Å². The molecule has 6 aliphatic rings. The van der Waals surface area contributed by atoms with Crippen LogP contribution in [0.15, 0.2) is 98.1 Å². The van der Waals surface area contributed by atoms with E-state index in [2.05, 4.69) is 58.8 Å². The molecule has 2 aliphatic carbocycles. The number of aliphatic hydroxyl groups excluding tert-OH is 1. The summed E-state index contributed by atoms with van der Waals surface area (Å²) >= 11 is 6.24. The van der Waals surface area contributed by atoms with Crippen molar-refractivity contribution in [3.63, 3.8) is 0 Å². The van der Waals surface area contributed by atoms with Crippen LogP contribution in [0.5, 0.6) is 6.01 Å². The minimum atomic E-state index is -4.18. The van der Waals surface area contributed by atoms with Crippen molar-refractivity contribution in [2.45, 2.75) is 231 Å². The predicted octanol–water partition coefficient (Wildman–Crippen LogP) is 9.07. The number of carbonyl (C=O) groups is 8. The zero-order valence-electron chi connectivity index (χ0n) is 67.9. The lowest BCUT2D eigenvalue weighted by Gasteiger charge is -2.30. The van der Waals surface area contributed by atoms with E-state index in [1.54, 1.807) is 66.3 Å². The number of rotatable bonds is 15. The van der Waals surface area contributed by atoms with Crippen LogP contribution in [-0.4, -0.2) is 215 Å². The number of benzene rings is 2. The molecule has 2 saturated heterocycles. The average Bonchev–Trinajstić information content (AvgIpc) is 1.58. The highest BCUT2D eigenvalue weighted by Gasteiger charge is 2.63. The van der Waals surface area contributed by atoms with E-state index >= 15 is 0 Å². The standard InChI is InChI=1S/C39H53N9O8S.C27H43N3O8S.C14H13ClN4/c1-24(2)48-30-17-13-15-28(25-20-40-23-41-21-25)32(30)43-36(48)55-27-18-31-33(49)44-39(35(51)45-57(53,54)46(6)7)19-26(39)14-11-9-8-10-12-16-29(34(50)47(31)22-27)42-37(52)56-38(3,4)5;1-26(2,3)38-23(33)13-18-11-9-7-6-8-10-12-19-15-27(19,25(35)28-39(36,37)29(4)5)16-22(32)21-14-20(31)17-30(21)24(18)34;1-9(2)19-12-5-3-4-11(13(12)18-14(19)15)10-6-16-8-17-7-10/h11,13-15,17,20-21,23-24,26-27,29,31H,8-10,12,16,18-19,22H2,1-7H3,(H,42,52)(H,44,49)(H,45,51);10,12,18-21,31H,6-9,11,13-17H2,1-5H3,(H,28,35);3-9H,1-2H3/b14-11-;12-10-;/t26-,27-,29+,31+,39-;18-,19-,20-,21+,27-;/m11./s1. The quantitative estimate of drug-likeness (QED) is 0.0472. The molecule has 0 bridgehead atoms. The van der Waals surface area contributed by atoms with Crippen LogP contribution in [0, 0.1) is 23.2 Å². The molecule has 2 saturated carbocycles. The van der Waals surface area contributed by atoms with Crippen molar-refractivity contribution in [3.8, 4) is 28.3 Å². The number of hydrogen-bond donors (Lipinski definition) is 5. The third-order valence-corrected chi connectivity index (χ3v) is 24.2. The van der Waals surface area contributed by atoms with E-state index in [4.69, 9.17) is 30.8 Å². The predicted molar refractivity (Wildman–Crippen MR) is 430 cm³/mol. The summed E-state index contributed by atoms with van der Waals surface area (Å²) in [5.74, 6) is -5.55. The number of nitrogens with zero attached hydrogens (tertiary/aromatic N) is 12. The molecular formula is C80H109ClN16O16S2. The van der Waals surface area contributed by atoms with Gasteiger partial charge in [-0.05, 0) is 150 Å². The number of imidazole rings is 2. The number of aromatic nitrogens is 8. The van der Waals surface area contributed by atoms with Crippen LogP contribution in [0.25, 0.3) is 44.3 Å². The highest BCUT2D eigenvalue weighted by molar-refractivity contribution is 7.88. The molecule has 6 amide bonds. The number of Topliss-reactive ketones (excluding diaryl/α,β-unsaturated/α-hetero) is 1. The molecule has 4 aliphatic heterocycles. The highest BCUT2D eigenvalue weighted by atomic mass is 35.5. The number of carbonyl (C=O) groups excluding carboxylic acids is 8. The van der Waals surface area contributed by atoms with Gasteiger partial charge in [-0.3, -0.25) is 38.1 Å². The second-order valence-electron chi connectivity index (χ2n) is 33.3. The van der Waals surface area contributed by atoms with Gasteiger partial charge in [-0.25, -0.2) is 39.2 Å². The first-order valence-electron chi connectivity index (χ1n) is 39.2. The topological polar surface area (TPSA) is 401 Å². The van der Waals surface area contributed by atoms with Crippen LogP contribution in [0.4, 0.5) is 4.79 Å². The normalized spacial score (nSPS) is 25.0. The zero-order valence-corrected chi connectivity index (χ0v) is 70.3. The fourth-order valence-corrected chi connectivity index (χ4v) is 16.7. The lowest BCUT2D eigenvalue weighted by Crippen LogP contribution is -2.58. The van der Waals surface area contributed by atoms with Crippen LogP contribution < -0.4 is 24.8 Å². The fourth-order valence-electron chi connectivity index (χ4n) is 15.1. The number of halogens is 1. The van der Waals surface area contributed by atoms with Gasteiger partial charge in [0.2, 0.25) is 28.9 Å². The zero-order chi connectivity index (χ0) is 83.9. The summed E-state index contributed by atoms with van der Waals surface area (Å²) in [7, 11) is -3.05. The molecule has 32 nitrogen and oxygen atoms in total. The maximum Gasteiger partial charge on any atom is 0.408 e. The fraction of sp³-hybridized carbons (Fsp3) is 0.575. The van der Waals surface area contributed by atoms with Gasteiger partial charge in [0.05, 0.1) is 47.1 Å². The Balaban J connectivity index is 0.000000206. The monoisotopic (exact) mass is 1650 g/mol. The Morgan fingerprint density at radius 3 is 1.74 bits per heavy atom. The number of allylic oxidation sites excluding steroid dienone is 3. The maximum atomic E-state index is 14.6. The summed E-state index contributed by atoms with van der Waals surface area (Å²) in [6, 6.07) is 9.13. The molecule has 0 radical (unpaired) electrons. The number of aliphatic hydroxyl groups is 1. The third-order valence-electron chi connectivity index (χ3n) is 21.1. The summed E-state index contributed by atoms with van der Waals surface area (Å²) in [5.41, 5.74) is 2.56. The maximum absolute atomic E-state index is 14.6. The van der Waals surface area contributed by atoms with Crippen LogP contribution in [0.3, 0.4) is 0 Å². The summed E-state index contributed by atoms with van der Waals surface area (Å²) in [6.45, 7) is 18.5. The van der Waals surface area contributed by atoms with Crippen molar-refractivity contribution < 1.29 is 74.5 Å². The van der Waals surface area contributed by atoms with Gasteiger partial charge in [0.25, 0.3) is 11.9 Å². The van der Waals surface area contributed by atoms with Gasteiger partial charge in [-0.15, -0.1) is 0 Å². The van der Waals surface area contributed by atoms with Gasteiger partial charge in [-0.2, -0.15) is 30.4 Å². The van der Waals surface area contributed by atoms with Crippen molar-refractivity contribution in [1.29, 1.82) is 0 Å². The first-order chi connectivity index (χ1) is 54.1. The molecule has 4 fully saturated rings. The number of hydrogen-bond acceptors (Lipinski definition) is 22. The number of amides is 6. The van der Waals surface area contributed by atoms with Gasteiger partial charge in [0.1, 0.15) is 53.1 Å². The molecule has 10 atom stereocenters. The number of nitrogens with one attached hydrogen (secondary N) is 4. The molecule has 115 heavy (non-hydrogen) atoms. The SMILES string of the molecule is CC(C)n1c(Cl)nc2c(-c3cncnc3)cccc21.CC(C)n1c(O[C@@H]2C[C@H]3C(=O)N[C@]4(C(=O)NS(=O)(=O)N(C)C)C[C@H]4/C=C\CCCCC[C@H](NC(=O)OC(C)(C)C)C(=O)N3C2)nc2c(-c3cncnc3)cccc21.CN(C)S(=O)(=O)NC(=O)[C@]12CC(=O)[C@@H]3C[C@@H](O)CN3C(=O)[C@@H](CC(=O)OC(C)(C)C)CCCCC/C=C\[C@@H]1C2. The second-order valence-corrected chi connectivity index (χ2v) is 37.4. The molecule has 624 valence electrons. The van der Waals surface area contributed by atoms with Gasteiger partial charge >= 0.3 is 32.5 Å². The van der Waals surface area contributed by atoms with E-state index in [0.29, 0.717) is 49.3 Å². The van der Waals surface area contributed by atoms with Crippen molar-refractivity contribution in [2.24, 2.45) is 23.2 Å². The van der Waals surface area contributed by atoms with E-state index in [0.717, 1.165) is 79.5 Å². The second kappa shape index (κ2) is 36.4. The van der Waals surface area contributed by atoms with E-state index in [-0.39, 0.29) is 75.1 Å². The molecule has 0 spiro atoms. The Kier molecular flexibility index (Phi) is 27.9. The van der Waals surface area contributed by atoms with Gasteiger partial charge in [-0.1, -0.05) is 74.3 Å². The Bertz CT molecular complexity index is 4850. The van der Waals surface area contributed by atoms with Crippen LogP contribution in [0.2, 0.25) is 5.28 Å². The van der Waals surface area contributed by atoms with Crippen molar-refractivity contribution in [2.75, 3.05) is 41.3 Å². The van der Waals surface area contributed by atoms with Crippen LogP contribution >= 0.6 is 11.6 Å². The van der Waals surface area contributed by atoms with Crippen LogP contribution in [0.1, 0.15) is 184 Å².